The first-order chi connectivity index (χ1) is 5.29. The van der Waals surface area contributed by atoms with Gasteiger partial charge in [0.05, 0.1) is 1.37 Å². The smallest absolute Gasteiger partial charge is 0.150 e. The van der Waals surface area contributed by atoms with Crippen LogP contribution in [-0.4, -0.2) is 12.6 Å². The molecule has 0 aromatic heterocycles. The van der Waals surface area contributed by atoms with E-state index in [1.54, 1.807) is 6.07 Å². The molecule has 0 amide bonds. The van der Waals surface area contributed by atoms with E-state index in [4.69, 9.17) is 1.37 Å². The quantitative estimate of drug-likeness (QED) is 0.573. The lowest BCUT2D eigenvalue weighted by molar-refractivity contribution is 0.109. The van der Waals surface area contributed by atoms with Crippen LogP contribution in [0.5, 0.6) is 0 Å². The summed E-state index contributed by atoms with van der Waals surface area (Å²) in [6, 6.07) is 4.63. The van der Waals surface area contributed by atoms with Gasteiger partial charge in [0.1, 0.15) is 0 Å². The Hall–Kier alpha value is -1.44. The van der Waals surface area contributed by atoms with E-state index in [2.05, 4.69) is 0 Å². The normalized spacial score (nSPS) is 10.2. The molecule has 0 bridgehead atoms. The first-order valence-corrected chi connectivity index (χ1v) is 2.79. The monoisotopic (exact) mass is 135 g/mol. The minimum Gasteiger partial charge on any atom is -0.298 e. The van der Waals surface area contributed by atoms with Crippen LogP contribution in [0.3, 0.4) is 0 Å². The zero-order chi connectivity index (χ0) is 8.27. The SMILES string of the molecule is [2H]c1cccc(C=O)c1C=O. The van der Waals surface area contributed by atoms with Gasteiger partial charge in [-0.1, -0.05) is 24.2 Å². The molecule has 0 saturated carbocycles. The van der Waals surface area contributed by atoms with E-state index in [-0.39, 0.29) is 17.2 Å². The Bertz CT molecular complexity index is 294. The summed E-state index contributed by atoms with van der Waals surface area (Å²) < 4.78 is 7.22. The molecule has 0 atom stereocenters. The van der Waals surface area contributed by atoms with Gasteiger partial charge in [-0.2, -0.15) is 0 Å². The van der Waals surface area contributed by atoms with Gasteiger partial charge < -0.3 is 0 Å². The molecule has 2 heteroatoms. The molecule has 0 fully saturated rings. The standard InChI is InChI=1S/C8H6O2/c9-5-7-3-1-2-4-8(7)6-10/h1-6H/i3D. The van der Waals surface area contributed by atoms with Gasteiger partial charge in [0.15, 0.2) is 12.6 Å². The second-order valence-corrected chi connectivity index (χ2v) is 1.77. The molecule has 0 N–H and O–H groups in total. The lowest BCUT2D eigenvalue weighted by atomic mass is 10.1. The Morgan fingerprint density at radius 3 is 2.40 bits per heavy atom. The van der Waals surface area contributed by atoms with E-state index >= 15 is 0 Å². The van der Waals surface area contributed by atoms with Gasteiger partial charge in [-0.3, -0.25) is 9.59 Å². The maximum absolute atomic E-state index is 10.3. The third kappa shape index (κ3) is 1.10. The summed E-state index contributed by atoms with van der Waals surface area (Å²) in [5.41, 5.74) is 0.426. The van der Waals surface area contributed by atoms with Crippen molar-refractivity contribution in [2.24, 2.45) is 0 Å². The van der Waals surface area contributed by atoms with E-state index in [1.165, 1.54) is 12.1 Å². The predicted molar refractivity (Wildman–Crippen MR) is 37.2 cm³/mol. The summed E-state index contributed by atoms with van der Waals surface area (Å²) >= 11 is 0. The average molecular weight is 135 g/mol. The number of hydrogen-bond acceptors (Lipinski definition) is 2. The highest BCUT2D eigenvalue weighted by atomic mass is 16.1. The molecule has 2 nitrogen and oxygen atoms in total. The third-order valence-corrected chi connectivity index (χ3v) is 1.17. The highest BCUT2D eigenvalue weighted by molar-refractivity contribution is 5.89. The maximum atomic E-state index is 10.3. The number of hydrogen-bond donors (Lipinski definition) is 0. The lowest BCUT2D eigenvalue weighted by Gasteiger charge is -1.91. The van der Waals surface area contributed by atoms with Crippen LogP contribution < -0.4 is 0 Å². The minimum absolute atomic E-state index is 0.0876. The van der Waals surface area contributed by atoms with Crippen molar-refractivity contribution in [2.75, 3.05) is 0 Å². The molecule has 0 saturated heterocycles. The number of aldehydes is 2. The van der Waals surface area contributed by atoms with Crippen LogP contribution >= 0.6 is 0 Å². The van der Waals surface area contributed by atoms with E-state index < -0.39 is 0 Å². The third-order valence-electron chi connectivity index (χ3n) is 1.17. The van der Waals surface area contributed by atoms with Crippen molar-refractivity contribution in [3.63, 3.8) is 0 Å². The molecule has 0 aliphatic heterocycles. The fourth-order valence-corrected chi connectivity index (χ4v) is 0.668. The Morgan fingerprint density at radius 1 is 1.20 bits per heavy atom. The van der Waals surface area contributed by atoms with Gasteiger partial charge in [0.25, 0.3) is 0 Å². The molecule has 0 aliphatic rings. The van der Waals surface area contributed by atoms with Crippen LogP contribution in [0.2, 0.25) is 0 Å². The minimum atomic E-state index is 0.0876. The van der Waals surface area contributed by atoms with E-state index in [1.807, 2.05) is 0 Å². The van der Waals surface area contributed by atoms with Crippen molar-refractivity contribution < 1.29 is 11.0 Å². The summed E-state index contributed by atoms with van der Waals surface area (Å²) in [6.07, 6.45) is 1.09. The van der Waals surface area contributed by atoms with Crippen LogP contribution in [0.1, 0.15) is 22.1 Å². The van der Waals surface area contributed by atoms with E-state index in [0.717, 1.165) is 0 Å². The van der Waals surface area contributed by atoms with E-state index in [9.17, 15) is 9.59 Å². The Balaban J connectivity index is 3.35. The van der Waals surface area contributed by atoms with Gasteiger partial charge >= 0.3 is 0 Å². The van der Waals surface area contributed by atoms with Crippen molar-refractivity contribution >= 4 is 12.6 Å². The Kier molecular flexibility index (Phi) is 1.56. The fraction of sp³-hybridized carbons (Fsp3) is 0. The zero-order valence-electron chi connectivity index (χ0n) is 6.20. The van der Waals surface area contributed by atoms with Crippen molar-refractivity contribution in [3.05, 3.63) is 35.4 Å². The summed E-state index contributed by atoms with van der Waals surface area (Å²) in [7, 11) is 0. The first kappa shape index (κ1) is 5.35. The molecule has 0 radical (unpaired) electrons. The molecule has 0 aliphatic carbocycles. The number of rotatable bonds is 2. The topological polar surface area (TPSA) is 34.1 Å². The molecule has 0 unspecified atom stereocenters. The number of carbonyl (C=O) groups is 2. The summed E-state index contributed by atoms with van der Waals surface area (Å²) in [4.78, 5) is 20.6. The highest BCUT2D eigenvalue weighted by Gasteiger charge is 1.95. The second-order valence-electron chi connectivity index (χ2n) is 1.77. The first-order valence-electron chi connectivity index (χ1n) is 3.29. The van der Waals surface area contributed by atoms with Gasteiger partial charge in [0, 0.05) is 11.1 Å². The van der Waals surface area contributed by atoms with Crippen LogP contribution in [-0.2, 0) is 0 Å². The van der Waals surface area contributed by atoms with Crippen molar-refractivity contribution in [3.8, 4) is 0 Å². The largest absolute Gasteiger partial charge is 0.298 e. The number of carbonyl (C=O) groups excluding carboxylic acids is 2. The zero-order valence-corrected chi connectivity index (χ0v) is 5.20. The molecule has 1 rings (SSSR count). The molecule has 1 aromatic rings. The van der Waals surface area contributed by atoms with Crippen molar-refractivity contribution in [1.82, 2.24) is 0 Å². The Morgan fingerprint density at radius 2 is 1.90 bits per heavy atom. The molecule has 10 heavy (non-hydrogen) atoms. The highest BCUT2D eigenvalue weighted by Crippen LogP contribution is 2.01. The average Bonchev–Trinajstić information content (AvgIpc) is 2.04. The summed E-state index contributed by atoms with van der Waals surface area (Å²) in [6.45, 7) is 0. The van der Waals surface area contributed by atoms with Crippen LogP contribution in [0.4, 0.5) is 0 Å². The van der Waals surface area contributed by atoms with Crippen LogP contribution in [0, 0.1) is 0 Å². The molecular weight excluding hydrogens is 128 g/mol. The fourth-order valence-electron chi connectivity index (χ4n) is 0.668. The molecule has 1 aromatic carbocycles. The van der Waals surface area contributed by atoms with E-state index in [0.29, 0.717) is 12.6 Å². The summed E-state index contributed by atoms with van der Waals surface area (Å²) in [5, 5.41) is 0. The van der Waals surface area contributed by atoms with Gasteiger partial charge in [-0.05, 0) is 0 Å². The summed E-state index contributed by atoms with van der Waals surface area (Å²) in [5.74, 6) is 0. The molecule has 0 heterocycles. The molecular formula is C8H6O2. The molecule has 50 valence electrons. The predicted octanol–water partition coefficient (Wildman–Crippen LogP) is 1.31. The molecule has 0 spiro atoms. The van der Waals surface area contributed by atoms with Crippen LogP contribution in [0.15, 0.2) is 24.2 Å². The second kappa shape index (κ2) is 2.92. The van der Waals surface area contributed by atoms with Gasteiger partial charge in [-0.15, -0.1) is 0 Å². The van der Waals surface area contributed by atoms with Gasteiger partial charge in [-0.25, -0.2) is 0 Å². The van der Waals surface area contributed by atoms with Crippen molar-refractivity contribution in [2.45, 2.75) is 0 Å². The van der Waals surface area contributed by atoms with Crippen molar-refractivity contribution in [1.29, 1.82) is 0 Å². The number of benzene rings is 1. The lowest BCUT2D eigenvalue weighted by Crippen LogP contribution is -1.87. The van der Waals surface area contributed by atoms with Crippen LogP contribution in [0.25, 0.3) is 0 Å². The van der Waals surface area contributed by atoms with Gasteiger partial charge in [0.2, 0.25) is 0 Å². The maximum Gasteiger partial charge on any atom is 0.150 e. The Labute approximate surface area is 59.9 Å².